The molecule has 10 nitrogen and oxygen atoms in total. The Labute approximate surface area is 209 Å². The Bertz CT molecular complexity index is 1330. The molecule has 198 valence electrons. The molecule has 2 aromatic heterocycles. The normalized spacial score (nSPS) is 18.4. The van der Waals surface area contributed by atoms with Gasteiger partial charge in [-0.3, -0.25) is 4.79 Å². The molecule has 2 aromatic rings. The van der Waals surface area contributed by atoms with Crippen molar-refractivity contribution in [3.8, 4) is 5.75 Å². The van der Waals surface area contributed by atoms with Crippen molar-refractivity contribution in [2.24, 2.45) is 0 Å². The fourth-order valence-corrected chi connectivity index (χ4v) is 5.46. The molecule has 0 aromatic carbocycles. The van der Waals surface area contributed by atoms with Gasteiger partial charge in [-0.05, 0) is 39.9 Å². The molecule has 0 saturated heterocycles. The molecule has 0 bridgehead atoms. The van der Waals surface area contributed by atoms with E-state index in [1.807, 2.05) is 0 Å². The van der Waals surface area contributed by atoms with Crippen LogP contribution in [-0.4, -0.2) is 63.8 Å². The van der Waals surface area contributed by atoms with Crippen molar-refractivity contribution in [3.05, 3.63) is 11.9 Å². The summed E-state index contributed by atoms with van der Waals surface area (Å²) in [4.78, 5) is 35.9. The first-order valence-electron chi connectivity index (χ1n) is 11.1. The number of carbonyl (C=O) groups is 2. The molecule has 0 radical (unpaired) electrons. The highest BCUT2D eigenvalue weighted by atomic mass is 32.2. The second kappa shape index (κ2) is 8.78. The van der Waals surface area contributed by atoms with Gasteiger partial charge in [-0.1, -0.05) is 31.0 Å². The number of hydrogen-bond donors (Lipinski definition) is 0. The number of amides is 2. The number of ether oxygens (including phenoxy) is 1. The first-order chi connectivity index (χ1) is 16.6. The summed E-state index contributed by atoms with van der Waals surface area (Å²) in [7, 11) is -6.15. The zero-order valence-corrected chi connectivity index (χ0v) is 21.6. The van der Waals surface area contributed by atoms with Gasteiger partial charge >= 0.3 is 21.7 Å². The Morgan fingerprint density at radius 2 is 1.81 bits per heavy atom. The molecular formula is C21H25F3N4O6S2. The van der Waals surface area contributed by atoms with Gasteiger partial charge < -0.3 is 13.5 Å². The Morgan fingerprint density at radius 3 is 2.36 bits per heavy atom. The third-order valence-corrected chi connectivity index (χ3v) is 7.59. The van der Waals surface area contributed by atoms with Crippen molar-refractivity contribution >= 4 is 44.9 Å². The highest BCUT2D eigenvalue weighted by molar-refractivity contribution is 7.98. The van der Waals surface area contributed by atoms with E-state index in [1.54, 1.807) is 27.0 Å². The van der Waals surface area contributed by atoms with E-state index in [0.717, 1.165) is 29.3 Å². The maximum absolute atomic E-state index is 13.6. The van der Waals surface area contributed by atoms with Crippen LogP contribution in [0.5, 0.6) is 5.75 Å². The van der Waals surface area contributed by atoms with Gasteiger partial charge in [0, 0.05) is 6.20 Å². The lowest BCUT2D eigenvalue weighted by atomic mass is 9.79. The van der Waals surface area contributed by atoms with Crippen LogP contribution in [0.2, 0.25) is 0 Å². The molecule has 0 atom stereocenters. The van der Waals surface area contributed by atoms with Crippen molar-refractivity contribution in [3.63, 3.8) is 0 Å². The van der Waals surface area contributed by atoms with Gasteiger partial charge in [0.15, 0.2) is 16.6 Å². The van der Waals surface area contributed by atoms with Crippen molar-refractivity contribution in [1.29, 1.82) is 0 Å². The Hall–Kier alpha value is -2.55. The quantitative estimate of drug-likeness (QED) is 0.236. The number of fused-ring (bicyclic) bond motifs is 4. The molecule has 1 fully saturated rings. The first kappa shape index (κ1) is 26.5. The highest BCUT2D eigenvalue weighted by Gasteiger charge is 2.53. The molecule has 1 spiro atoms. The summed E-state index contributed by atoms with van der Waals surface area (Å²) >= 11 is 1.16. The predicted molar refractivity (Wildman–Crippen MR) is 123 cm³/mol. The van der Waals surface area contributed by atoms with Crippen LogP contribution in [0.25, 0.3) is 11.0 Å². The fraction of sp³-hybridized carbons (Fsp3) is 0.619. The molecule has 0 unspecified atom stereocenters. The van der Waals surface area contributed by atoms with E-state index in [4.69, 9.17) is 4.74 Å². The lowest BCUT2D eigenvalue weighted by molar-refractivity contribution is -0.0500. The maximum Gasteiger partial charge on any atom is 0.534 e. The molecule has 36 heavy (non-hydrogen) atoms. The monoisotopic (exact) mass is 550 g/mol. The van der Waals surface area contributed by atoms with E-state index < -0.39 is 50.2 Å². The minimum Gasteiger partial charge on any atom is -0.443 e. The van der Waals surface area contributed by atoms with Crippen LogP contribution < -0.4 is 4.18 Å². The van der Waals surface area contributed by atoms with Crippen molar-refractivity contribution in [1.82, 2.24) is 19.4 Å². The van der Waals surface area contributed by atoms with Gasteiger partial charge in [-0.15, -0.1) is 0 Å². The molecular weight excluding hydrogens is 525 g/mol. The summed E-state index contributed by atoms with van der Waals surface area (Å²) in [6, 6.07) is 0. The van der Waals surface area contributed by atoms with Crippen LogP contribution in [0, 0.1) is 0 Å². The van der Waals surface area contributed by atoms with Crippen molar-refractivity contribution < 1.29 is 40.1 Å². The first-order valence-corrected chi connectivity index (χ1v) is 13.7. The number of carbonyl (C=O) groups excluding carboxylic acids is 2. The Balaban J connectivity index is 2.02. The SMILES string of the molecule is CSc1ncc2c(OS(=O)(=O)C(F)(F)F)c3n(c2n1)C1(CCCCC1)CN(C(=O)OC(C)(C)C)C3=O. The van der Waals surface area contributed by atoms with Gasteiger partial charge in [-0.25, -0.2) is 19.7 Å². The third kappa shape index (κ3) is 4.51. The average molecular weight is 551 g/mol. The topological polar surface area (TPSA) is 121 Å². The molecule has 4 rings (SSSR count). The number of thioether (sulfide) groups is 1. The van der Waals surface area contributed by atoms with E-state index in [0.29, 0.717) is 25.7 Å². The number of hydrogen-bond acceptors (Lipinski definition) is 9. The molecule has 1 saturated carbocycles. The zero-order chi connectivity index (χ0) is 26.7. The maximum atomic E-state index is 13.6. The second-order valence-electron chi connectivity index (χ2n) is 9.75. The van der Waals surface area contributed by atoms with Gasteiger partial charge in [0.2, 0.25) is 0 Å². The summed E-state index contributed by atoms with van der Waals surface area (Å²) in [5, 5.41) is 0.0842. The molecule has 2 amide bonds. The number of imide groups is 1. The summed E-state index contributed by atoms with van der Waals surface area (Å²) in [5.41, 5.74) is -8.09. The number of nitrogens with zero attached hydrogens (tertiary/aromatic N) is 4. The van der Waals surface area contributed by atoms with Gasteiger partial charge in [0.1, 0.15) is 11.2 Å². The molecule has 15 heteroatoms. The fourth-order valence-electron chi connectivity index (χ4n) is 4.64. The van der Waals surface area contributed by atoms with Crippen LogP contribution in [0.1, 0.15) is 63.4 Å². The lowest BCUT2D eigenvalue weighted by Crippen LogP contribution is -2.57. The summed E-state index contributed by atoms with van der Waals surface area (Å²) in [6.45, 7) is 4.71. The molecule has 2 aliphatic rings. The van der Waals surface area contributed by atoms with Crippen molar-refractivity contribution in [2.75, 3.05) is 12.8 Å². The standard InChI is InChI=1S/C21H25F3N4O6S2/c1-19(2,3)33-18(30)27-11-20(8-6-5-7-9-20)28-13(16(27)29)14(34-36(31,32)21(22,23)24)12-10-25-17(35-4)26-15(12)28/h10H,5-9,11H2,1-4H3. The molecule has 1 aliphatic heterocycles. The number of alkyl halides is 3. The average Bonchev–Trinajstić information content (AvgIpc) is 3.09. The van der Waals surface area contributed by atoms with Gasteiger partial charge in [0.05, 0.1) is 17.5 Å². The molecule has 0 N–H and O–H groups in total. The van der Waals surface area contributed by atoms with Crippen LogP contribution >= 0.6 is 11.8 Å². The minimum absolute atomic E-state index is 0.0656. The molecule has 3 heterocycles. The minimum atomic E-state index is -6.15. The predicted octanol–water partition coefficient (Wildman–Crippen LogP) is 4.43. The number of aromatic nitrogens is 3. The van der Waals surface area contributed by atoms with Gasteiger partial charge in [0.25, 0.3) is 5.91 Å². The number of halogens is 3. The zero-order valence-electron chi connectivity index (χ0n) is 20.0. The van der Waals surface area contributed by atoms with Crippen LogP contribution in [0.4, 0.5) is 18.0 Å². The van der Waals surface area contributed by atoms with E-state index in [9.17, 15) is 31.2 Å². The van der Waals surface area contributed by atoms with Crippen molar-refractivity contribution in [2.45, 2.75) is 74.7 Å². The summed E-state index contributed by atoms with van der Waals surface area (Å²) < 4.78 is 75.3. The Morgan fingerprint density at radius 1 is 1.17 bits per heavy atom. The summed E-state index contributed by atoms with van der Waals surface area (Å²) in [6.07, 6.45) is 5.09. The van der Waals surface area contributed by atoms with E-state index in [1.165, 1.54) is 4.57 Å². The smallest absolute Gasteiger partial charge is 0.443 e. The van der Waals surface area contributed by atoms with Crippen LogP contribution in [0.15, 0.2) is 11.4 Å². The van der Waals surface area contributed by atoms with E-state index in [2.05, 4.69) is 14.2 Å². The van der Waals surface area contributed by atoms with Gasteiger partial charge in [-0.2, -0.15) is 21.6 Å². The number of rotatable bonds is 3. The largest absolute Gasteiger partial charge is 0.534 e. The highest BCUT2D eigenvalue weighted by Crippen LogP contribution is 2.47. The lowest BCUT2D eigenvalue weighted by Gasteiger charge is -2.46. The second-order valence-corrected chi connectivity index (χ2v) is 12.1. The van der Waals surface area contributed by atoms with Crippen LogP contribution in [0.3, 0.4) is 0 Å². The third-order valence-electron chi connectivity index (χ3n) is 6.07. The van der Waals surface area contributed by atoms with E-state index >= 15 is 0 Å². The summed E-state index contributed by atoms with van der Waals surface area (Å²) in [5.74, 6) is -1.91. The Kier molecular flexibility index (Phi) is 6.47. The molecule has 1 aliphatic carbocycles. The van der Waals surface area contributed by atoms with E-state index in [-0.39, 0.29) is 22.7 Å². The van der Waals surface area contributed by atoms with Crippen LogP contribution in [-0.2, 0) is 20.4 Å².